The number of allylic oxidation sites excluding steroid dienone is 5. The fourth-order valence-electron chi connectivity index (χ4n) is 5.34. The second-order valence-electron chi connectivity index (χ2n) is 12.2. The third-order valence-electron chi connectivity index (χ3n) is 7.85. The van der Waals surface area contributed by atoms with Crippen molar-refractivity contribution in [3.05, 3.63) is 90.6 Å². The number of aliphatic imine (C=N–C) groups is 1. The molecule has 3 aromatic rings. The Hall–Kier alpha value is -4.52. The number of nitrogens with one attached hydrogen (secondary N) is 1. The topological polar surface area (TPSA) is 93.9 Å². The molecule has 2 heterocycles. The van der Waals surface area contributed by atoms with Crippen molar-refractivity contribution >= 4 is 34.2 Å². The molecule has 1 N–H and O–H groups in total. The number of thioether (sulfide) groups is 1. The van der Waals surface area contributed by atoms with Crippen LogP contribution in [0.4, 0.5) is 23.7 Å². The van der Waals surface area contributed by atoms with Gasteiger partial charge in [0, 0.05) is 29.6 Å². The van der Waals surface area contributed by atoms with Crippen molar-refractivity contribution in [3.8, 4) is 17.2 Å². The zero-order valence-corrected chi connectivity index (χ0v) is 29.4. The molecule has 1 aromatic heterocycles. The standard InChI is InChI=1S/C36H43F3N6O3S/c1-8-27(33-41-22-44(43-33)28-11-13-29(14-12-28)48-36(37,38)39)10-9-24(4)19-25(5)21-40-34(46)42-35-45(26(6)17-18-49-35)32-16-15-30(47-7)20-31(32)23(2)3/h8-16,20,22-23,25-26H,1,17-19,21H2,2-7H3,(H,40,46)/b24-9+,27-10+,42-35-. The van der Waals surface area contributed by atoms with Gasteiger partial charge < -0.3 is 19.7 Å². The zero-order chi connectivity index (χ0) is 35.7. The van der Waals surface area contributed by atoms with Gasteiger partial charge in [0.1, 0.15) is 17.8 Å². The average Bonchev–Trinajstić information content (AvgIpc) is 3.54. The van der Waals surface area contributed by atoms with Gasteiger partial charge in [-0.2, -0.15) is 4.99 Å². The van der Waals surface area contributed by atoms with Crippen LogP contribution in [0.15, 0.2) is 84.2 Å². The van der Waals surface area contributed by atoms with Crippen molar-refractivity contribution in [1.82, 2.24) is 20.1 Å². The van der Waals surface area contributed by atoms with E-state index < -0.39 is 6.36 Å². The quantitative estimate of drug-likeness (QED) is 0.189. The van der Waals surface area contributed by atoms with Gasteiger partial charge >= 0.3 is 12.4 Å². The summed E-state index contributed by atoms with van der Waals surface area (Å²) in [4.78, 5) is 24.0. The van der Waals surface area contributed by atoms with Gasteiger partial charge in [0.05, 0.1) is 12.8 Å². The average molecular weight is 697 g/mol. The first-order valence-corrected chi connectivity index (χ1v) is 17.0. The number of carbonyl (C=O) groups is 1. The summed E-state index contributed by atoms with van der Waals surface area (Å²) in [7, 11) is 1.66. The van der Waals surface area contributed by atoms with E-state index in [4.69, 9.17) is 4.74 Å². The molecular weight excluding hydrogens is 653 g/mol. The molecule has 9 nitrogen and oxygen atoms in total. The van der Waals surface area contributed by atoms with Crippen molar-refractivity contribution in [2.24, 2.45) is 10.9 Å². The molecule has 2 aromatic carbocycles. The van der Waals surface area contributed by atoms with Gasteiger partial charge in [0.15, 0.2) is 11.0 Å². The van der Waals surface area contributed by atoms with Gasteiger partial charge in [-0.25, -0.2) is 14.5 Å². The Labute approximate surface area is 290 Å². The Balaban J connectivity index is 1.36. The van der Waals surface area contributed by atoms with E-state index >= 15 is 0 Å². The number of benzene rings is 2. The summed E-state index contributed by atoms with van der Waals surface area (Å²) in [6.07, 6.45) is 3.88. The molecule has 2 amide bonds. The molecule has 1 fully saturated rings. The first-order valence-electron chi connectivity index (χ1n) is 16.0. The second-order valence-corrected chi connectivity index (χ2v) is 13.3. The van der Waals surface area contributed by atoms with E-state index in [9.17, 15) is 18.0 Å². The molecule has 13 heteroatoms. The summed E-state index contributed by atoms with van der Waals surface area (Å²) < 4.78 is 48.2. The van der Waals surface area contributed by atoms with Gasteiger partial charge in [-0.1, -0.05) is 62.9 Å². The lowest BCUT2D eigenvalue weighted by atomic mass is 9.99. The number of ether oxygens (including phenoxy) is 2. The summed E-state index contributed by atoms with van der Waals surface area (Å²) >= 11 is 1.59. The maximum Gasteiger partial charge on any atom is 0.573 e. The highest BCUT2D eigenvalue weighted by Gasteiger charge is 2.31. The number of alkyl halides is 3. The molecule has 1 saturated heterocycles. The lowest BCUT2D eigenvalue weighted by Gasteiger charge is -2.37. The van der Waals surface area contributed by atoms with Crippen LogP contribution in [0, 0.1) is 5.92 Å². The van der Waals surface area contributed by atoms with Crippen molar-refractivity contribution in [2.45, 2.75) is 65.8 Å². The van der Waals surface area contributed by atoms with Crippen molar-refractivity contribution in [3.63, 3.8) is 0 Å². The normalized spacial score (nSPS) is 17.3. The number of amidine groups is 1. The number of rotatable bonds is 12. The molecule has 2 atom stereocenters. The maximum absolute atomic E-state index is 13.0. The summed E-state index contributed by atoms with van der Waals surface area (Å²) in [5.74, 6) is 2.19. The van der Waals surface area contributed by atoms with Crippen LogP contribution in [0.2, 0.25) is 0 Å². The minimum absolute atomic E-state index is 0.144. The van der Waals surface area contributed by atoms with Gasteiger partial charge in [-0.05, 0) is 86.6 Å². The Morgan fingerprint density at radius 2 is 1.88 bits per heavy atom. The molecule has 262 valence electrons. The number of urea groups is 1. The Morgan fingerprint density at radius 1 is 1.16 bits per heavy atom. The first kappa shape index (κ1) is 37.3. The Morgan fingerprint density at radius 3 is 2.53 bits per heavy atom. The van der Waals surface area contributed by atoms with Gasteiger partial charge in [-0.15, -0.1) is 18.3 Å². The van der Waals surface area contributed by atoms with E-state index in [1.54, 1.807) is 24.9 Å². The van der Waals surface area contributed by atoms with Gasteiger partial charge in [-0.3, -0.25) is 0 Å². The highest BCUT2D eigenvalue weighted by molar-refractivity contribution is 8.14. The summed E-state index contributed by atoms with van der Waals surface area (Å²) in [5.41, 5.74) is 4.46. The van der Waals surface area contributed by atoms with Crippen molar-refractivity contribution in [2.75, 3.05) is 24.3 Å². The summed E-state index contributed by atoms with van der Waals surface area (Å²) in [5, 5.41) is 8.12. The number of aromatic nitrogens is 3. The number of hydrogen-bond acceptors (Lipinski definition) is 6. The van der Waals surface area contributed by atoms with E-state index in [0.717, 1.165) is 41.2 Å². The molecule has 0 spiro atoms. The molecule has 1 aliphatic rings. The highest BCUT2D eigenvalue weighted by Crippen LogP contribution is 2.37. The molecule has 0 aliphatic carbocycles. The van der Waals surface area contributed by atoms with Crippen LogP contribution in [0.5, 0.6) is 11.5 Å². The van der Waals surface area contributed by atoms with Crippen LogP contribution in [0.25, 0.3) is 11.3 Å². The number of anilines is 1. The Kier molecular flexibility index (Phi) is 12.7. The minimum Gasteiger partial charge on any atom is -0.497 e. The van der Waals surface area contributed by atoms with Crippen molar-refractivity contribution < 1.29 is 27.4 Å². The maximum atomic E-state index is 13.0. The number of hydrogen-bond donors (Lipinski definition) is 1. The van der Waals surface area contributed by atoms with Crippen LogP contribution in [0.1, 0.15) is 64.8 Å². The molecular formula is C36H43F3N6O3S. The highest BCUT2D eigenvalue weighted by atomic mass is 32.2. The van der Waals surface area contributed by atoms with Gasteiger partial charge in [0.25, 0.3) is 0 Å². The fourth-order valence-corrected chi connectivity index (χ4v) is 6.55. The van der Waals surface area contributed by atoms with E-state index in [2.05, 4.69) is 70.4 Å². The summed E-state index contributed by atoms with van der Waals surface area (Å²) in [6, 6.07) is 11.2. The first-order chi connectivity index (χ1) is 23.3. The van der Waals surface area contributed by atoms with Gasteiger partial charge in [0.2, 0.25) is 0 Å². The molecule has 4 rings (SSSR count). The summed E-state index contributed by atoms with van der Waals surface area (Å²) in [6.45, 7) is 14.8. The lowest BCUT2D eigenvalue weighted by molar-refractivity contribution is -0.274. The molecule has 0 radical (unpaired) electrons. The van der Waals surface area contributed by atoms with Crippen LogP contribution in [0.3, 0.4) is 0 Å². The second kappa shape index (κ2) is 16.7. The molecule has 0 saturated carbocycles. The Bertz CT molecular complexity index is 1700. The van der Waals surface area contributed by atoms with E-state index in [1.807, 2.05) is 31.2 Å². The zero-order valence-electron chi connectivity index (χ0n) is 28.6. The molecule has 2 unspecified atom stereocenters. The number of carbonyl (C=O) groups excluding carboxylic acids is 1. The molecule has 49 heavy (non-hydrogen) atoms. The van der Waals surface area contributed by atoms with Crippen LogP contribution in [-0.2, 0) is 0 Å². The number of amides is 2. The van der Waals surface area contributed by atoms with E-state index in [-0.39, 0.29) is 29.7 Å². The smallest absolute Gasteiger partial charge is 0.497 e. The number of halogens is 3. The monoisotopic (exact) mass is 696 g/mol. The predicted octanol–water partition coefficient (Wildman–Crippen LogP) is 8.94. The number of methoxy groups -OCH3 is 1. The van der Waals surface area contributed by atoms with Crippen LogP contribution in [-0.4, -0.2) is 57.8 Å². The minimum atomic E-state index is -4.76. The van der Waals surface area contributed by atoms with E-state index in [1.165, 1.54) is 35.3 Å². The number of nitrogens with zero attached hydrogens (tertiary/aromatic N) is 5. The predicted molar refractivity (Wildman–Crippen MR) is 191 cm³/mol. The van der Waals surface area contributed by atoms with Crippen LogP contribution >= 0.6 is 11.8 Å². The van der Waals surface area contributed by atoms with Crippen LogP contribution < -0.4 is 19.7 Å². The van der Waals surface area contributed by atoms with Crippen molar-refractivity contribution in [1.29, 1.82) is 0 Å². The lowest BCUT2D eigenvalue weighted by Crippen LogP contribution is -2.43. The SMILES string of the molecule is C=C/C(=C\C=C(/C)CC(C)CNC(=O)/N=C1\SCCC(C)N1c1ccc(OC)cc1C(C)C)c1ncn(-c2ccc(OC(F)(F)F)cc2)n1. The largest absolute Gasteiger partial charge is 0.573 e. The van der Waals surface area contributed by atoms with E-state index in [0.29, 0.717) is 28.8 Å². The third-order valence-corrected chi connectivity index (χ3v) is 8.84. The molecule has 0 bridgehead atoms. The fraction of sp³-hybridized carbons (Fsp3) is 0.389. The molecule has 1 aliphatic heterocycles. The third kappa shape index (κ3) is 10.5.